The van der Waals surface area contributed by atoms with Crippen molar-refractivity contribution in [2.24, 2.45) is 4.99 Å². The number of hydrogen-bond donors (Lipinski definition) is 4. The normalized spacial score (nSPS) is 16.0. The second-order valence-electron chi connectivity index (χ2n) is 15.0. The third-order valence-electron chi connectivity index (χ3n) is 9.63. The number of ether oxygens (including phenoxy) is 1. The number of benzene rings is 3. The first kappa shape index (κ1) is 38.3. The summed E-state index contributed by atoms with van der Waals surface area (Å²) in [4.78, 5) is 42.2. The smallest absolute Gasteiger partial charge is 0.305 e. The van der Waals surface area contributed by atoms with Gasteiger partial charge in [0.15, 0.2) is 0 Å². The van der Waals surface area contributed by atoms with Crippen molar-refractivity contribution in [1.29, 1.82) is 0 Å². The number of allylic oxidation sites excluding steroid dienone is 1. The Bertz CT molecular complexity index is 1740. The number of rotatable bonds is 18. The summed E-state index contributed by atoms with van der Waals surface area (Å²) in [6, 6.07) is 20.7. The van der Waals surface area contributed by atoms with Crippen LogP contribution < -0.4 is 20.7 Å². The van der Waals surface area contributed by atoms with Gasteiger partial charge in [-0.05, 0) is 82.7 Å². The average Bonchev–Trinajstić information content (AvgIpc) is 3.99. The molecule has 4 N–H and O–H groups in total. The zero-order chi connectivity index (χ0) is 37.1. The molecule has 0 radical (unpaired) electrons. The van der Waals surface area contributed by atoms with E-state index in [0.29, 0.717) is 11.5 Å². The molecule has 1 aliphatic heterocycles. The third kappa shape index (κ3) is 11.0. The van der Waals surface area contributed by atoms with E-state index in [9.17, 15) is 14.4 Å². The standard InChI is InChI=1S/C43H54N4O5/c1-5-6-7-8-9-24-52-38-21-18-33(26-36(38)30-14-15-30)34-27-45-40(46-28-34)31-12-10-29(11-13-31)25-37(42(51)44-23-22-39(48)49)47-41(50)32-16-19-35(20-17-32)43(2,3)4/h10-13,16-21,26-28,30,37,40,45H,5-9,14-15,22-25H2,1-4H3,(H,44,51)(H,47,50)(H,48,49)/t37-,40?/m0/s1. The van der Waals surface area contributed by atoms with Gasteiger partial charge in [0.25, 0.3) is 5.91 Å². The van der Waals surface area contributed by atoms with Gasteiger partial charge >= 0.3 is 5.97 Å². The Balaban J connectivity index is 1.20. The molecule has 3 aromatic carbocycles. The van der Waals surface area contributed by atoms with E-state index >= 15 is 0 Å². The predicted octanol–water partition coefficient (Wildman–Crippen LogP) is 7.86. The molecule has 0 bridgehead atoms. The number of carbonyl (C=O) groups excluding carboxylic acids is 2. The second kappa shape index (κ2) is 18.0. The number of nitrogens with zero attached hydrogens (tertiary/aromatic N) is 1. The maximum Gasteiger partial charge on any atom is 0.305 e. The average molecular weight is 707 g/mol. The molecule has 2 atom stereocenters. The molecule has 1 aliphatic carbocycles. The molecule has 9 nitrogen and oxygen atoms in total. The van der Waals surface area contributed by atoms with E-state index in [1.54, 1.807) is 12.1 Å². The van der Waals surface area contributed by atoms with Gasteiger partial charge in [-0.2, -0.15) is 0 Å². The number of carboxylic acids is 1. The zero-order valence-corrected chi connectivity index (χ0v) is 31.0. The number of aliphatic carboxylic acids is 1. The van der Waals surface area contributed by atoms with Gasteiger partial charge in [0.2, 0.25) is 5.91 Å². The Morgan fingerprint density at radius 3 is 2.33 bits per heavy atom. The van der Waals surface area contributed by atoms with Crippen LogP contribution in [-0.2, 0) is 21.4 Å². The summed E-state index contributed by atoms with van der Waals surface area (Å²) in [5, 5.41) is 18.0. The highest BCUT2D eigenvalue weighted by molar-refractivity contribution is 6.10. The Hall–Kier alpha value is -4.92. The van der Waals surface area contributed by atoms with Gasteiger partial charge in [-0.3, -0.25) is 19.4 Å². The Morgan fingerprint density at radius 2 is 1.69 bits per heavy atom. The maximum atomic E-state index is 13.2. The Morgan fingerprint density at radius 1 is 0.962 bits per heavy atom. The lowest BCUT2D eigenvalue weighted by Gasteiger charge is -2.21. The lowest BCUT2D eigenvalue weighted by Crippen LogP contribution is -2.48. The first-order valence-electron chi connectivity index (χ1n) is 18.8. The quantitative estimate of drug-likeness (QED) is 0.0998. The molecular formula is C43H54N4O5. The lowest BCUT2D eigenvalue weighted by molar-refractivity contribution is -0.137. The van der Waals surface area contributed by atoms with E-state index < -0.39 is 17.9 Å². The van der Waals surface area contributed by atoms with Crippen LogP contribution in [0.25, 0.3) is 5.57 Å². The van der Waals surface area contributed by atoms with E-state index in [1.165, 1.54) is 44.1 Å². The molecule has 0 aromatic heterocycles. The highest BCUT2D eigenvalue weighted by Gasteiger charge is 2.28. The number of aliphatic imine (C=N–C) groups is 1. The fraction of sp³-hybridized carbons (Fsp3) is 0.442. The molecule has 2 aliphatic rings. The molecule has 0 saturated heterocycles. The monoisotopic (exact) mass is 706 g/mol. The van der Waals surface area contributed by atoms with Crippen LogP contribution in [0.3, 0.4) is 0 Å². The minimum Gasteiger partial charge on any atom is -0.493 e. The van der Waals surface area contributed by atoms with Crippen LogP contribution in [0, 0.1) is 0 Å². The molecule has 276 valence electrons. The molecule has 5 rings (SSSR count). The van der Waals surface area contributed by atoms with Gasteiger partial charge in [0.05, 0.1) is 13.0 Å². The Labute approximate surface area is 308 Å². The van der Waals surface area contributed by atoms with E-state index in [0.717, 1.165) is 46.6 Å². The minimum absolute atomic E-state index is 0.0282. The summed E-state index contributed by atoms with van der Waals surface area (Å²) in [7, 11) is 0. The van der Waals surface area contributed by atoms with E-state index in [2.05, 4.69) is 61.8 Å². The minimum atomic E-state index is -1.01. The van der Waals surface area contributed by atoms with Crippen LogP contribution in [0.1, 0.15) is 129 Å². The van der Waals surface area contributed by atoms with Crippen molar-refractivity contribution in [3.8, 4) is 5.75 Å². The van der Waals surface area contributed by atoms with Crippen molar-refractivity contribution < 1.29 is 24.2 Å². The molecule has 9 heteroatoms. The van der Waals surface area contributed by atoms with Crippen LogP contribution in [-0.4, -0.2) is 48.3 Å². The SMILES string of the molecule is CCCCCCCOc1ccc(C2=CNC(c3ccc(C[C@H](NC(=O)c4ccc(C(C)(C)C)cc4)C(=O)NCCC(=O)O)cc3)N=C2)cc1C1CC1. The van der Waals surface area contributed by atoms with Crippen molar-refractivity contribution in [1.82, 2.24) is 16.0 Å². The third-order valence-corrected chi connectivity index (χ3v) is 9.63. The van der Waals surface area contributed by atoms with Crippen molar-refractivity contribution in [3.05, 3.63) is 106 Å². The summed E-state index contributed by atoms with van der Waals surface area (Å²) in [6.45, 7) is 9.28. The number of amides is 2. The summed E-state index contributed by atoms with van der Waals surface area (Å²) in [6.07, 6.45) is 12.2. The van der Waals surface area contributed by atoms with Gasteiger partial charge in [-0.25, -0.2) is 0 Å². The molecule has 1 heterocycles. The van der Waals surface area contributed by atoms with E-state index in [4.69, 9.17) is 14.8 Å². The van der Waals surface area contributed by atoms with Crippen molar-refractivity contribution in [2.75, 3.05) is 13.2 Å². The number of hydrogen-bond acceptors (Lipinski definition) is 6. The van der Waals surface area contributed by atoms with Crippen LogP contribution in [0.15, 0.2) is 77.9 Å². The van der Waals surface area contributed by atoms with E-state index in [1.807, 2.05) is 48.8 Å². The fourth-order valence-electron chi connectivity index (χ4n) is 6.26. The Kier molecular flexibility index (Phi) is 13.3. The largest absolute Gasteiger partial charge is 0.493 e. The first-order chi connectivity index (χ1) is 25.0. The molecular weight excluding hydrogens is 652 g/mol. The molecule has 0 spiro atoms. The highest BCUT2D eigenvalue weighted by Crippen LogP contribution is 2.45. The number of carbonyl (C=O) groups is 3. The predicted molar refractivity (Wildman–Crippen MR) is 207 cm³/mol. The number of nitrogens with one attached hydrogen (secondary N) is 3. The summed E-state index contributed by atoms with van der Waals surface area (Å²) < 4.78 is 6.23. The van der Waals surface area contributed by atoms with Crippen LogP contribution in [0.2, 0.25) is 0 Å². The topological polar surface area (TPSA) is 129 Å². The summed E-state index contributed by atoms with van der Waals surface area (Å²) >= 11 is 0. The fourth-order valence-corrected chi connectivity index (χ4v) is 6.26. The van der Waals surface area contributed by atoms with Gasteiger partial charge in [-0.1, -0.05) is 95.8 Å². The maximum absolute atomic E-state index is 13.2. The summed E-state index contributed by atoms with van der Waals surface area (Å²) in [5.74, 6) is -0.240. The zero-order valence-electron chi connectivity index (χ0n) is 31.0. The van der Waals surface area contributed by atoms with Gasteiger partial charge in [0, 0.05) is 36.5 Å². The molecule has 3 aromatic rings. The van der Waals surface area contributed by atoms with Gasteiger partial charge in [0.1, 0.15) is 18.0 Å². The lowest BCUT2D eigenvalue weighted by atomic mass is 9.86. The number of unbranched alkanes of at least 4 members (excludes halogenated alkanes) is 4. The van der Waals surface area contributed by atoms with Crippen LogP contribution >= 0.6 is 0 Å². The van der Waals surface area contributed by atoms with Crippen molar-refractivity contribution in [2.45, 2.75) is 109 Å². The van der Waals surface area contributed by atoms with Crippen molar-refractivity contribution in [3.63, 3.8) is 0 Å². The van der Waals surface area contributed by atoms with E-state index in [-0.39, 0.29) is 36.9 Å². The first-order valence-corrected chi connectivity index (χ1v) is 18.8. The van der Waals surface area contributed by atoms with Crippen molar-refractivity contribution >= 4 is 29.6 Å². The summed E-state index contributed by atoms with van der Waals surface area (Å²) in [5.41, 5.74) is 6.71. The molecule has 52 heavy (non-hydrogen) atoms. The highest BCUT2D eigenvalue weighted by atomic mass is 16.5. The molecule has 1 fully saturated rings. The number of carboxylic acid groups (broad SMARTS) is 1. The molecule has 2 amide bonds. The second-order valence-corrected chi connectivity index (χ2v) is 15.0. The molecule has 1 saturated carbocycles. The van der Waals surface area contributed by atoms with Crippen LogP contribution in [0.4, 0.5) is 0 Å². The van der Waals surface area contributed by atoms with Gasteiger partial charge in [-0.15, -0.1) is 0 Å². The van der Waals surface area contributed by atoms with Gasteiger partial charge < -0.3 is 25.8 Å². The van der Waals surface area contributed by atoms with Crippen LogP contribution in [0.5, 0.6) is 5.75 Å². The molecule has 1 unspecified atom stereocenters.